The van der Waals surface area contributed by atoms with E-state index < -0.39 is 0 Å². The summed E-state index contributed by atoms with van der Waals surface area (Å²) < 4.78 is 23.8. The van der Waals surface area contributed by atoms with Crippen molar-refractivity contribution in [1.29, 1.82) is 0 Å². The zero-order valence-electron chi connectivity index (χ0n) is 38.7. The fraction of sp³-hybridized carbons (Fsp3) is 0.940. The van der Waals surface area contributed by atoms with E-state index in [0.29, 0.717) is 26.2 Å². The van der Waals surface area contributed by atoms with Gasteiger partial charge >= 0.3 is 0 Å². The van der Waals surface area contributed by atoms with Crippen LogP contribution in [0.2, 0.25) is 0 Å². The van der Waals surface area contributed by atoms with E-state index in [2.05, 4.69) is 31.3 Å². The van der Waals surface area contributed by atoms with Crippen LogP contribution in [0.1, 0.15) is 260 Å². The van der Waals surface area contributed by atoms with Crippen LogP contribution in [0.5, 0.6) is 0 Å². The molecule has 0 aliphatic heterocycles. The van der Waals surface area contributed by atoms with E-state index in [4.69, 9.17) is 18.9 Å². The first-order chi connectivity index (χ1) is 27.5. The van der Waals surface area contributed by atoms with Gasteiger partial charge in [-0.25, -0.2) is 0 Å². The number of carbonyl (C=O) groups excluding carboxylic acids is 1. The molecule has 56 heavy (non-hydrogen) atoms. The first-order valence-corrected chi connectivity index (χ1v) is 24.9. The Morgan fingerprint density at radius 3 is 1.21 bits per heavy atom. The van der Waals surface area contributed by atoms with Gasteiger partial charge in [-0.2, -0.15) is 0 Å². The predicted octanol–water partition coefficient (Wildman–Crippen LogP) is 15.5. The lowest BCUT2D eigenvalue weighted by Crippen LogP contribution is -2.48. The smallest absolute Gasteiger partial charge is 0.220 e. The first-order valence-electron chi connectivity index (χ1n) is 24.9. The first kappa shape index (κ1) is 55.0. The van der Waals surface area contributed by atoms with Crippen LogP contribution in [0.15, 0.2) is 12.2 Å². The number of hydrogen-bond acceptors (Lipinski definition) is 5. The van der Waals surface area contributed by atoms with E-state index in [-0.39, 0.29) is 30.6 Å². The van der Waals surface area contributed by atoms with Crippen molar-refractivity contribution in [1.82, 2.24) is 5.32 Å². The SMILES string of the molecule is CCCCCCCCCCCCC/C=C/[C@H](OC(C)OCC)[C@H](COC(C)OCC)NC(=O)CCCCCCCCCCCCCCCCCCCCCCC. The minimum Gasteiger partial charge on any atom is -0.353 e. The van der Waals surface area contributed by atoms with E-state index in [1.165, 1.54) is 193 Å². The molecule has 0 spiro atoms. The van der Waals surface area contributed by atoms with Gasteiger partial charge in [0.15, 0.2) is 12.6 Å². The highest BCUT2D eigenvalue weighted by molar-refractivity contribution is 5.76. The second kappa shape index (κ2) is 45.1. The Balaban J connectivity index is 4.40. The van der Waals surface area contributed by atoms with Gasteiger partial charge in [0.25, 0.3) is 0 Å². The van der Waals surface area contributed by atoms with Gasteiger partial charge in [-0.15, -0.1) is 0 Å². The number of nitrogens with one attached hydrogen (secondary N) is 1. The molecule has 334 valence electrons. The van der Waals surface area contributed by atoms with Crippen molar-refractivity contribution in [2.24, 2.45) is 0 Å². The van der Waals surface area contributed by atoms with Crippen LogP contribution in [0.4, 0.5) is 0 Å². The lowest BCUT2D eigenvalue weighted by molar-refractivity contribution is -0.171. The molecular formula is C50H99NO5. The highest BCUT2D eigenvalue weighted by atomic mass is 16.7. The fourth-order valence-corrected chi connectivity index (χ4v) is 7.66. The minimum absolute atomic E-state index is 0.0666. The van der Waals surface area contributed by atoms with Crippen molar-refractivity contribution >= 4 is 5.91 Å². The lowest BCUT2D eigenvalue weighted by Gasteiger charge is -2.29. The number of rotatable bonds is 46. The average molecular weight is 794 g/mol. The Labute approximate surface area is 350 Å². The summed E-state index contributed by atoms with van der Waals surface area (Å²) in [6.07, 6.45) is 48.1. The van der Waals surface area contributed by atoms with Gasteiger partial charge in [0.05, 0.1) is 12.6 Å². The van der Waals surface area contributed by atoms with Gasteiger partial charge < -0.3 is 24.3 Å². The Bertz CT molecular complexity index is 806. The molecular weight excluding hydrogens is 695 g/mol. The van der Waals surface area contributed by atoms with Crippen LogP contribution in [0, 0.1) is 0 Å². The number of allylic oxidation sites excluding steroid dienone is 1. The van der Waals surface area contributed by atoms with Crippen molar-refractivity contribution in [2.45, 2.75) is 285 Å². The summed E-state index contributed by atoms with van der Waals surface area (Å²) in [6, 6.07) is -0.322. The summed E-state index contributed by atoms with van der Waals surface area (Å²) in [6.45, 7) is 13.8. The average Bonchev–Trinajstić information content (AvgIpc) is 3.18. The number of carbonyl (C=O) groups is 1. The third-order valence-electron chi connectivity index (χ3n) is 11.2. The number of amides is 1. The molecule has 0 aromatic rings. The minimum atomic E-state index is -0.380. The van der Waals surface area contributed by atoms with Gasteiger partial charge in [0, 0.05) is 19.6 Å². The second-order valence-corrected chi connectivity index (χ2v) is 16.7. The molecule has 0 aliphatic rings. The standard InChI is InChI=1S/C50H99NO5/c1-7-11-13-15-17-19-21-23-24-25-26-27-28-29-30-32-34-36-38-40-42-44-50(52)51-48(45-55-46(5)53-9-3)49(56-47(6)54-10-4)43-41-39-37-35-33-31-22-20-18-16-14-12-8-2/h41,43,46-49H,7-40,42,44-45H2,1-6H3,(H,51,52)/b43-41+/t46?,47?,48-,49-/m0/s1. The molecule has 6 heteroatoms. The van der Waals surface area contributed by atoms with Crippen LogP contribution < -0.4 is 5.32 Å². The number of unbranched alkanes of at least 4 members (excludes halogenated alkanes) is 31. The Hall–Kier alpha value is -0.950. The molecule has 0 saturated carbocycles. The van der Waals surface area contributed by atoms with E-state index in [1.54, 1.807) is 0 Å². The maximum Gasteiger partial charge on any atom is 0.220 e. The summed E-state index contributed by atoms with van der Waals surface area (Å²) in [7, 11) is 0. The van der Waals surface area contributed by atoms with E-state index in [9.17, 15) is 4.79 Å². The zero-order chi connectivity index (χ0) is 41.0. The summed E-state index contributed by atoms with van der Waals surface area (Å²) >= 11 is 0. The Morgan fingerprint density at radius 2 is 0.821 bits per heavy atom. The predicted molar refractivity (Wildman–Crippen MR) is 242 cm³/mol. The topological polar surface area (TPSA) is 66.0 Å². The van der Waals surface area contributed by atoms with Crippen molar-refractivity contribution < 1.29 is 23.7 Å². The molecule has 0 rings (SSSR count). The zero-order valence-corrected chi connectivity index (χ0v) is 38.7. The van der Waals surface area contributed by atoms with Gasteiger partial charge in [-0.05, 0) is 47.0 Å². The van der Waals surface area contributed by atoms with Crippen molar-refractivity contribution in [3.05, 3.63) is 12.2 Å². The molecule has 0 heterocycles. The Kier molecular flexibility index (Phi) is 44.4. The van der Waals surface area contributed by atoms with Crippen LogP contribution >= 0.6 is 0 Å². The molecule has 1 N–H and O–H groups in total. The lowest BCUT2D eigenvalue weighted by atomic mass is 10.0. The summed E-state index contributed by atoms with van der Waals surface area (Å²) in [5.41, 5.74) is 0. The highest BCUT2D eigenvalue weighted by Crippen LogP contribution is 2.17. The molecule has 0 bridgehead atoms. The third kappa shape index (κ3) is 39.9. The van der Waals surface area contributed by atoms with E-state index in [0.717, 1.165) is 19.3 Å². The molecule has 2 unspecified atom stereocenters. The molecule has 0 radical (unpaired) electrons. The maximum absolute atomic E-state index is 13.2. The summed E-state index contributed by atoms with van der Waals surface area (Å²) in [4.78, 5) is 13.2. The maximum atomic E-state index is 13.2. The van der Waals surface area contributed by atoms with Gasteiger partial charge in [0.1, 0.15) is 6.10 Å². The molecule has 0 aromatic carbocycles. The van der Waals surface area contributed by atoms with E-state index >= 15 is 0 Å². The molecule has 0 fully saturated rings. The molecule has 1 amide bonds. The summed E-state index contributed by atoms with van der Waals surface area (Å²) in [5.74, 6) is 0.0666. The molecule has 0 aromatic heterocycles. The fourth-order valence-electron chi connectivity index (χ4n) is 7.66. The van der Waals surface area contributed by atoms with Gasteiger partial charge in [-0.1, -0.05) is 219 Å². The normalized spacial score (nSPS) is 14.0. The number of ether oxygens (including phenoxy) is 4. The van der Waals surface area contributed by atoms with Crippen molar-refractivity contribution in [3.63, 3.8) is 0 Å². The monoisotopic (exact) mass is 794 g/mol. The summed E-state index contributed by atoms with van der Waals surface area (Å²) in [5, 5.41) is 3.27. The van der Waals surface area contributed by atoms with Crippen LogP contribution in [-0.2, 0) is 23.7 Å². The second-order valence-electron chi connectivity index (χ2n) is 16.7. The van der Waals surface area contributed by atoms with Crippen LogP contribution in [0.3, 0.4) is 0 Å². The quantitative estimate of drug-likeness (QED) is 0.0378. The van der Waals surface area contributed by atoms with Gasteiger partial charge in [-0.3, -0.25) is 4.79 Å². The number of hydrogen-bond donors (Lipinski definition) is 1. The highest BCUT2D eigenvalue weighted by Gasteiger charge is 2.25. The van der Waals surface area contributed by atoms with Crippen molar-refractivity contribution in [2.75, 3.05) is 19.8 Å². The Morgan fingerprint density at radius 1 is 0.464 bits per heavy atom. The molecule has 6 nitrogen and oxygen atoms in total. The van der Waals surface area contributed by atoms with Crippen molar-refractivity contribution in [3.8, 4) is 0 Å². The largest absolute Gasteiger partial charge is 0.353 e. The van der Waals surface area contributed by atoms with Crippen LogP contribution in [0.25, 0.3) is 0 Å². The molecule has 4 atom stereocenters. The van der Waals surface area contributed by atoms with Gasteiger partial charge in [0.2, 0.25) is 5.91 Å². The van der Waals surface area contributed by atoms with E-state index in [1.807, 2.05) is 27.7 Å². The van der Waals surface area contributed by atoms with Crippen LogP contribution in [-0.4, -0.2) is 50.5 Å². The molecule has 0 saturated heterocycles. The third-order valence-corrected chi connectivity index (χ3v) is 11.2. The molecule has 0 aliphatic carbocycles.